The largest absolute Gasteiger partial charge is 0.469 e. The van der Waals surface area contributed by atoms with Gasteiger partial charge in [-0.05, 0) is 0 Å². The summed E-state index contributed by atoms with van der Waals surface area (Å²) in [5, 5.41) is 0. The molecule has 0 aliphatic carbocycles. The minimum atomic E-state index is -0.470. The highest BCUT2D eigenvalue weighted by atomic mass is 16.5. The molecule has 16 heavy (non-hydrogen) atoms. The average Bonchev–Trinajstić information content (AvgIpc) is 2.26. The number of rotatable bonds is 6. The lowest BCUT2D eigenvalue weighted by molar-refractivity contribution is -0.147. The van der Waals surface area contributed by atoms with Crippen LogP contribution in [0.25, 0.3) is 0 Å². The van der Waals surface area contributed by atoms with Crippen LogP contribution in [0.5, 0.6) is 0 Å². The SMILES string of the molecule is COC(=O)[C@@H](C)CC(=O)C[C@H](C)C(=O)OC. The highest BCUT2D eigenvalue weighted by molar-refractivity contribution is 5.87. The third-order valence-corrected chi connectivity index (χ3v) is 2.27. The smallest absolute Gasteiger partial charge is 0.308 e. The number of hydrogen-bond acceptors (Lipinski definition) is 5. The monoisotopic (exact) mass is 230 g/mol. The van der Waals surface area contributed by atoms with Crippen LogP contribution in [0.4, 0.5) is 0 Å². The van der Waals surface area contributed by atoms with E-state index in [2.05, 4.69) is 9.47 Å². The fraction of sp³-hybridized carbons (Fsp3) is 0.727. The van der Waals surface area contributed by atoms with Crippen molar-refractivity contribution in [2.24, 2.45) is 11.8 Å². The van der Waals surface area contributed by atoms with Crippen molar-refractivity contribution < 1.29 is 23.9 Å². The Morgan fingerprint density at radius 2 is 1.19 bits per heavy atom. The van der Waals surface area contributed by atoms with E-state index in [1.807, 2.05) is 0 Å². The summed E-state index contributed by atoms with van der Waals surface area (Å²) in [6, 6.07) is 0. The van der Waals surface area contributed by atoms with Crippen LogP contribution in [0.1, 0.15) is 26.7 Å². The van der Waals surface area contributed by atoms with Crippen molar-refractivity contribution in [3.8, 4) is 0 Å². The molecule has 0 saturated carbocycles. The van der Waals surface area contributed by atoms with Crippen molar-refractivity contribution in [3.63, 3.8) is 0 Å². The Bertz CT molecular complexity index is 246. The van der Waals surface area contributed by atoms with Gasteiger partial charge in [-0.15, -0.1) is 0 Å². The Hall–Kier alpha value is -1.39. The molecule has 0 heterocycles. The van der Waals surface area contributed by atoms with E-state index < -0.39 is 23.8 Å². The van der Waals surface area contributed by atoms with Crippen molar-refractivity contribution >= 4 is 17.7 Å². The Labute approximate surface area is 95.1 Å². The van der Waals surface area contributed by atoms with E-state index in [4.69, 9.17) is 0 Å². The molecule has 0 unspecified atom stereocenters. The lowest BCUT2D eigenvalue weighted by atomic mass is 9.97. The Kier molecular flexibility index (Phi) is 6.37. The van der Waals surface area contributed by atoms with Gasteiger partial charge >= 0.3 is 11.9 Å². The molecule has 0 spiro atoms. The summed E-state index contributed by atoms with van der Waals surface area (Å²) in [6.45, 7) is 3.24. The lowest BCUT2D eigenvalue weighted by Crippen LogP contribution is -2.21. The molecule has 0 aliphatic rings. The number of ether oxygens (including phenoxy) is 2. The van der Waals surface area contributed by atoms with Crippen molar-refractivity contribution in [3.05, 3.63) is 0 Å². The van der Waals surface area contributed by atoms with Crippen molar-refractivity contribution in [1.82, 2.24) is 0 Å². The number of esters is 2. The lowest BCUT2D eigenvalue weighted by Gasteiger charge is -2.10. The van der Waals surface area contributed by atoms with Crippen molar-refractivity contribution in [2.45, 2.75) is 26.7 Å². The molecule has 0 amide bonds. The van der Waals surface area contributed by atoms with Crippen LogP contribution in [0.3, 0.4) is 0 Å². The molecule has 0 fully saturated rings. The minimum absolute atomic E-state index is 0.0913. The molecule has 0 aromatic carbocycles. The quantitative estimate of drug-likeness (QED) is 0.635. The summed E-state index contributed by atoms with van der Waals surface area (Å²) >= 11 is 0. The van der Waals surface area contributed by atoms with Crippen LogP contribution in [0.15, 0.2) is 0 Å². The van der Waals surface area contributed by atoms with E-state index >= 15 is 0 Å². The maximum atomic E-state index is 11.5. The number of ketones is 1. The van der Waals surface area contributed by atoms with E-state index in [-0.39, 0.29) is 18.6 Å². The zero-order valence-electron chi connectivity index (χ0n) is 10.1. The van der Waals surface area contributed by atoms with Crippen molar-refractivity contribution in [1.29, 1.82) is 0 Å². The zero-order valence-corrected chi connectivity index (χ0v) is 10.1. The molecule has 5 heteroatoms. The van der Waals surface area contributed by atoms with Gasteiger partial charge in [0.05, 0.1) is 26.1 Å². The van der Waals surface area contributed by atoms with E-state index in [1.54, 1.807) is 13.8 Å². The predicted molar refractivity (Wildman–Crippen MR) is 56.6 cm³/mol. The van der Waals surface area contributed by atoms with Crippen LogP contribution in [0.2, 0.25) is 0 Å². The van der Waals surface area contributed by atoms with Gasteiger partial charge in [0.25, 0.3) is 0 Å². The van der Waals surface area contributed by atoms with Gasteiger partial charge in [0.15, 0.2) is 0 Å². The predicted octanol–water partition coefficient (Wildman–Crippen LogP) is 0.954. The summed E-state index contributed by atoms with van der Waals surface area (Å²) in [5.41, 5.74) is 0. The van der Waals surface area contributed by atoms with Crippen LogP contribution >= 0.6 is 0 Å². The van der Waals surface area contributed by atoms with Gasteiger partial charge in [-0.2, -0.15) is 0 Å². The van der Waals surface area contributed by atoms with Gasteiger partial charge in [0, 0.05) is 12.8 Å². The van der Waals surface area contributed by atoms with Crippen LogP contribution < -0.4 is 0 Å². The molecule has 0 aromatic heterocycles. The molecule has 0 aromatic rings. The van der Waals surface area contributed by atoms with Crippen LogP contribution in [-0.4, -0.2) is 31.9 Å². The van der Waals surface area contributed by atoms with Gasteiger partial charge in [-0.25, -0.2) is 0 Å². The molecule has 0 aliphatic heterocycles. The molecule has 0 bridgehead atoms. The Morgan fingerprint density at radius 1 is 0.875 bits per heavy atom. The molecule has 5 nitrogen and oxygen atoms in total. The molecule has 0 N–H and O–H groups in total. The van der Waals surface area contributed by atoms with Crippen LogP contribution in [-0.2, 0) is 23.9 Å². The first-order chi connectivity index (χ1) is 7.42. The van der Waals surface area contributed by atoms with Gasteiger partial charge in [0.2, 0.25) is 0 Å². The maximum absolute atomic E-state index is 11.5. The fourth-order valence-corrected chi connectivity index (χ4v) is 1.34. The van der Waals surface area contributed by atoms with E-state index in [1.165, 1.54) is 14.2 Å². The molecule has 0 rings (SSSR count). The topological polar surface area (TPSA) is 69.7 Å². The van der Waals surface area contributed by atoms with E-state index in [9.17, 15) is 14.4 Å². The average molecular weight is 230 g/mol. The third-order valence-electron chi connectivity index (χ3n) is 2.27. The number of hydrogen-bond donors (Lipinski definition) is 0. The second kappa shape index (κ2) is 6.98. The zero-order chi connectivity index (χ0) is 12.7. The highest BCUT2D eigenvalue weighted by Crippen LogP contribution is 2.11. The maximum Gasteiger partial charge on any atom is 0.308 e. The van der Waals surface area contributed by atoms with E-state index in [0.29, 0.717) is 0 Å². The third kappa shape index (κ3) is 4.91. The fourth-order valence-electron chi connectivity index (χ4n) is 1.34. The number of Topliss-reactive ketones (excluding diaryl/α,β-unsaturated/α-hetero) is 1. The van der Waals surface area contributed by atoms with Gasteiger partial charge in [-0.3, -0.25) is 14.4 Å². The standard InChI is InChI=1S/C11H18O5/c1-7(10(13)15-3)5-9(12)6-8(2)11(14)16-4/h7-8H,5-6H2,1-4H3/t7-,8-/m0/s1. The van der Waals surface area contributed by atoms with Crippen molar-refractivity contribution in [2.75, 3.05) is 14.2 Å². The summed E-state index contributed by atoms with van der Waals surface area (Å²) in [6.07, 6.45) is 0.183. The Balaban J connectivity index is 4.08. The van der Waals surface area contributed by atoms with E-state index in [0.717, 1.165) is 0 Å². The number of methoxy groups -OCH3 is 2. The summed E-state index contributed by atoms with van der Waals surface area (Å²) in [4.78, 5) is 33.6. The Morgan fingerprint density at radius 3 is 1.44 bits per heavy atom. The number of carbonyl (C=O) groups is 3. The van der Waals surface area contributed by atoms with Gasteiger partial charge in [-0.1, -0.05) is 13.8 Å². The first-order valence-electron chi connectivity index (χ1n) is 5.09. The summed E-state index contributed by atoms with van der Waals surface area (Å²) in [7, 11) is 2.56. The van der Waals surface area contributed by atoms with Crippen LogP contribution in [0, 0.1) is 11.8 Å². The second-order valence-corrected chi connectivity index (χ2v) is 3.80. The second-order valence-electron chi connectivity index (χ2n) is 3.80. The molecule has 0 radical (unpaired) electrons. The summed E-state index contributed by atoms with van der Waals surface area (Å²) in [5.74, 6) is -1.92. The minimum Gasteiger partial charge on any atom is -0.469 e. The molecule has 0 saturated heterocycles. The first kappa shape index (κ1) is 14.6. The normalized spacial score (nSPS) is 13.8. The molecular weight excluding hydrogens is 212 g/mol. The first-order valence-corrected chi connectivity index (χ1v) is 5.09. The molecule has 2 atom stereocenters. The molecule has 92 valence electrons. The van der Waals surface area contributed by atoms with Gasteiger partial charge in [0.1, 0.15) is 5.78 Å². The number of carbonyl (C=O) groups excluding carboxylic acids is 3. The summed E-state index contributed by atoms with van der Waals surface area (Å²) < 4.78 is 9.01. The highest BCUT2D eigenvalue weighted by Gasteiger charge is 2.21. The van der Waals surface area contributed by atoms with Gasteiger partial charge < -0.3 is 9.47 Å². The molecular formula is C11H18O5.